The predicted octanol–water partition coefficient (Wildman–Crippen LogP) is 4.04. The molecule has 156 valence electrons. The van der Waals surface area contributed by atoms with Crippen molar-refractivity contribution in [3.8, 4) is 0 Å². The molecule has 6 heteroatoms. The van der Waals surface area contributed by atoms with Crippen LogP contribution in [0.25, 0.3) is 0 Å². The fraction of sp³-hybridized carbons (Fsp3) is 0.857. The molecule has 0 aromatic carbocycles. The van der Waals surface area contributed by atoms with Gasteiger partial charge in [-0.2, -0.15) is 0 Å². The van der Waals surface area contributed by atoms with E-state index in [-0.39, 0.29) is 17.2 Å². The molecular weight excluding hydrogens is 342 g/mol. The lowest BCUT2D eigenvalue weighted by atomic mass is 9.81. The second-order valence-corrected chi connectivity index (χ2v) is 9.84. The minimum Gasteiger partial charge on any atom is -0.460 e. The molecule has 1 atom stereocenters. The fourth-order valence-corrected chi connectivity index (χ4v) is 2.93. The number of aldehydes is 1. The van der Waals surface area contributed by atoms with Gasteiger partial charge in [-0.25, -0.2) is 14.8 Å². The van der Waals surface area contributed by atoms with Crippen LogP contribution < -0.4 is 5.32 Å². The van der Waals surface area contributed by atoms with E-state index in [2.05, 4.69) is 69.8 Å². The second-order valence-electron chi connectivity index (χ2n) is 9.84. The third kappa shape index (κ3) is 11.0. The first-order valence-corrected chi connectivity index (χ1v) is 9.73. The Hall–Kier alpha value is -1.52. The number of nitrogens with one attached hydrogen (secondary N) is 1. The van der Waals surface area contributed by atoms with E-state index in [9.17, 15) is 9.59 Å². The summed E-state index contributed by atoms with van der Waals surface area (Å²) in [6.45, 7) is 19.8. The van der Waals surface area contributed by atoms with Crippen LogP contribution in [-0.2, 0) is 14.3 Å². The summed E-state index contributed by atoms with van der Waals surface area (Å²) in [4.78, 5) is 30.7. The van der Waals surface area contributed by atoms with Crippen LogP contribution in [0.3, 0.4) is 0 Å². The van der Waals surface area contributed by atoms with Gasteiger partial charge in [-0.05, 0) is 54.4 Å². The van der Waals surface area contributed by atoms with E-state index < -0.39 is 17.6 Å². The summed E-state index contributed by atoms with van der Waals surface area (Å²) < 4.78 is 5.69. The summed E-state index contributed by atoms with van der Waals surface area (Å²) in [6.07, 6.45) is 2.03. The van der Waals surface area contributed by atoms with Gasteiger partial charge in [0.05, 0.1) is 6.01 Å². The number of carbonyl (C=O) groups excluding carboxylic acids is 2. The summed E-state index contributed by atoms with van der Waals surface area (Å²) in [6, 6.07) is 1.92. The highest BCUT2D eigenvalue weighted by Crippen LogP contribution is 2.31. The molecule has 0 radical (unpaired) electrons. The molecule has 1 unspecified atom stereocenters. The lowest BCUT2D eigenvalue weighted by Crippen LogP contribution is -2.60. The highest BCUT2D eigenvalue weighted by atomic mass is 16.5. The number of ether oxygens (including phenoxy) is 1. The van der Waals surface area contributed by atoms with Crippen LogP contribution in [0.4, 0.5) is 0 Å². The largest absolute Gasteiger partial charge is 0.460 e. The zero-order valence-corrected chi connectivity index (χ0v) is 18.8. The standard InChI is InChI=1S/C17H29N3O3.C4H10/c1-12(10-21)18-11-19-17(6,7)14(22)23-13-8-15(2,3)20-16(4,5)9-13;1-4(2)3/h10,12-13,20H,8-9H2,1-7H3;4H,1-3H3. The summed E-state index contributed by atoms with van der Waals surface area (Å²) in [7, 11) is 0. The topological polar surface area (TPSA) is 80.1 Å². The monoisotopic (exact) mass is 381 g/mol. The van der Waals surface area contributed by atoms with Crippen molar-refractivity contribution in [3.63, 3.8) is 0 Å². The van der Waals surface area contributed by atoms with E-state index in [0.717, 1.165) is 18.8 Å². The number of hydrogen-bond donors (Lipinski definition) is 1. The van der Waals surface area contributed by atoms with Gasteiger partial charge in [-0.3, -0.25) is 0 Å². The van der Waals surface area contributed by atoms with E-state index in [1.807, 2.05) is 0 Å². The molecule has 0 saturated carbocycles. The summed E-state index contributed by atoms with van der Waals surface area (Å²) in [5.41, 5.74) is -1.27. The molecule has 1 fully saturated rings. The molecule has 6 nitrogen and oxygen atoms in total. The first kappa shape index (κ1) is 25.5. The maximum atomic E-state index is 12.4. The average Bonchev–Trinajstić information content (AvgIpc) is 2.42. The third-order valence-electron chi connectivity index (χ3n) is 3.71. The van der Waals surface area contributed by atoms with Crippen molar-refractivity contribution in [2.45, 2.75) is 111 Å². The number of rotatable bonds is 5. The molecule has 1 heterocycles. The first-order chi connectivity index (χ1) is 12.1. The maximum absolute atomic E-state index is 12.4. The van der Waals surface area contributed by atoms with Gasteiger partial charge in [0.1, 0.15) is 18.4 Å². The third-order valence-corrected chi connectivity index (χ3v) is 3.71. The van der Waals surface area contributed by atoms with Crippen LogP contribution in [0.5, 0.6) is 0 Å². The van der Waals surface area contributed by atoms with Gasteiger partial charge >= 0.3 is 5.97 Å². The molecule has 0 bridgehead atoms. The Balaban J connectivity index is 0.00000153. The van der Waals surface area contributed by atoms with Crippen molar-refractivity contribution in [2.24, 2.45) is 15.9 Å². The number of nitrogens with zero attached hydrogens (tertiary/aromatic N) is 2. The van der Waals surface area contributed by atoms with Crippen molar-refractivity contribution in [3.05, 3.63) is 0 Å². The lowest BCUT2D eigenvalue weighted by molar-refractivity contribution is -0.158. The van der Waals surface area contributed by atoms with Gasteiger partial charge < -0.3 is 14.8 Å². The van der Waals surface area contributed by atoms with Crippen LogP contribution >= 0.6 is 0 Å². The Morgan fingerprint density at radius 1 is 1.15 bits per heavy atom. The summed E-state index contributed by atoms with van der Waals surface area (Å²) >= 11 is 0. The molecule has 0 aromatic rings. The van der Waals surface area contributed by atoms with Crippen molar-refractivity contribution in [1.82, 2.24) is 5.32 Å². The molecule has 1 saturated heterocycles. The Kier molecular flexibility index (Phi) is 9.57. The smallest absolute Gasteiger partial charge is 0.334 e. The Labute approximate surface area is 165 Å². The Morgan fingerprint density at radius 3 is 2.00 bits per heavy atom. The van der Waals surface area contributed by atoms with Crippen LogP contribution in [0.15, 0.2) is 9.98 Å². The van der Waals surface area contributed by atoms with Crippen LogP contribution in [0, 0.1) is 5.92 Å². The summed E-state index contributed by atoms with van der Waals surface area (Å²) in [5.74, 6) is 0.428. The van der Waals surface area contributed by atoms with Crippen LogP contribution in [-0.4, -0.2) is 47.0 Å². The van der Waals surface area contributed by atoms with Crippen molar-refractivity contribution in [2.75, 3.05) is 0 Å². The number of esters is 1. The van der Waals surface area contributed by atoms with Gasteiger partial charge in [-0.15, -0.1) is 0 Å². The highest BCUT2D eigenvalue weighted by molar-refractivity contribution is 5.81. The van der Waals surface area contributed by atoms with Crippen molar-refractivity contribution < 1.29 is 14.3 Å². The van der Waals surface area contributed by atoms with Gasteiger partial charge in [0, 0.05) is 23.9 Å². The van der Waals surface area contributed by atoms with Crippen molar-refractivity contribution in [1.29, 1.82) is 0 Å². The number of hydrogen-bond acceptors (Lipinski definition) is 6. The normalized spacial score (nSPS) is 19.8. The molecule has 1 aliphatic heterocycles. The van der Waals surface area contributed by atoms with E-state index in [4.69, 9.17) is 4.74 Å². The maximum Gasteiger partial charge on any atom is 0.334 e. The molecule has 1 aliphatic rings. The zero-order valence-electron chi connectivity index (χ0n) is 18.8. The van der Waals surface area contributed by atoms with E-state index in [1.165, 1.54) is 0 Å². The number of carbonyl (C=O) groups is 2. The molecule has 0 amide bonds. The molecule has 27 heavy (non-hydrogen) atoms. The molecular formula is C21H39N3O3. The predicted molar refractivity (Wildman–Crippen MR) is 110 cm³/mol. The average molecular weight is 382 g/mol. The number of aliphatic imine (C=N–C) groups is 2. The van der Waals surface area contributed by atoms with E-state index >= 15 is 0 Å². The van der Waals surface area contributed by atoms with E-state index in [0.29, 0.717) is 6.29 Å². The molecule has 0 spiro atoms. The Bertz CT molecular complexity index is 540. The molecule has 0 aromatic heterocycles. The van der Waals surface area contributed by atoms with Crippen LogP contribution in [0.1, 0.15) is 82.1 Å². The van der Waals surface area contributed by atoms with E-state index in [1.54, 1.807) is 20.8 Å². The second kappa shape index (κ2) is 10.1. The highest BCUT2D eigenvalue weighted by Gasteiger charge is 2.41. The van der Waals surface area contributed by atoms with Gasteiger partial charge in [0.2, 0.25) is 0 Å². The quantitative estimate of drug-likeness (QED) is 0.443. The Morgan fingerprint density at radius 2 is 1.59 bits per heavy atom. The molecule has 1 rings (SSSR count). The van der Waals surface area contributed by atoms with Gasteiger partial charge in [0.15, 0.2) is 5.54 Å². The summed E-state index contributed by atoms with van der Waals surface area (Å²) in [5, 5.41) is 3.55. The molecule has 0 aliphatic carbocycles. The van der Waals surface area contributed by atoms with Crippen LogP contribution in [0.2, 0.25) is 0 Å². The molecule has 1 N–H and O–H groups in total. The fourth-order valence-electron chi connectivity index (χ4n) is 2.93. The van der Waals surface area contributed by atoms with Gasteiger partial charge in [-0.1, -0.05) is 20.8 Å². The SMILES string of the molecule is CC(C)C.CC(C=O)N=C=NC(C)(C)C(=O)OC1CC(C)(C)NC(C)(C)C1. The minimum atomic E-state index is -1.08. The number of piperidine rings is 1. The zero-order chi connectivity index (χ0) is 21.5. The van der Waals surface area contributed by atoms with Crippen molar-refractivity contribution >= 4 is 18.3 Å². The first-order valence-electron chi connectivity index (χ1n) is 9.73. The lowest BCUT2D eigenvalue weighted by Gasteiger charge is -2.46. The van der Waals surface area contributed by atoms with Gasteiger partial charge in [0.25, 0.3) is 0 Å². The minimum absolute atomic E-state index is 0.0963.